The largest absolute Gasteiger partial charge is 0.399 e. The molecule has 0 unspecified atom stereocenters. The Morgan fingerprint density at radius 3 is 2.67 bits per heavy atom. The van der Waals surface area contributed by atoms with E-state index in [2.05, 4.69) is 9.44 Å². The molecule has 0 fully saturated rings. The molecule has 1 aromatic rings. The van der Waals surface area contributed by atoms with Gasteiger partial charge in [-0.2, -0.15) is 13.7 Å². The third-order valence-electron chi connectivity index (χ3n) is 1.68. The number of anilines is 2. The summed E-state index contributed by atoms with van der Waals surface area (Å²) >= 11 is 0. The Bertz CT molecular complexity index is 504. The summed E-state index contributed by atoms with van der Waals surface area (Å²) in [6.07, 6.45) is 0. The van der Waals surface area contributed by atoms with E-state index >= 15 is 0 Å². The van der Waals surface area contributed by atoms with E-state index in [9.17, 15) is 8.42 Å². The monoisotopic (exact) mass is 226 g/mol. The molecule has 0 heterocycles. The van der Waals surface area contributed by atoms with E-state index in [1.807, 2.05) is 6.07 Å². The predicted octanol–water partition coefficient (Wildman–Crippen LogP) is 0.0166. The van der Waals surface area contributed by atoms with Crippen LogP contribution in [0.1, 0.15) is 5.56 Å². The molecule has 0 amide bonds. The van der Waals surface area contributed by atoms with Gasteiger partial charge >= 0.3 is 0 Å². The molecule has 0 aliphatic carbocycles. The molecule has 0 saturated heterocycles. The number of hydrogen-bond donors (Lipinski definition) is 3. The number of nitrogens with two attached hydrogens (primary N) is 1. The Morgan fingerprint density at radius 2 is 2.13 bits per heavy atom. The third-order valence-corrected chi connectivity index (χ3v) is 2.70. The highest BCUT2D eigenvalue weighted by atomic mass is 32.2. The lowest BCUT2D eigenvalue weighted by Gasteiger charge is -2.08. The highest BCUT2D eigenvalue weighted by Crippen LogP contribution is 2.18. The van der Waals surface area contributed by atoms with Gasteiger partial charge in [0.05, 0.1) is 11.3 Å². The Kier molecular flexibility index (Phi) is 3.14. The molecule has 6 nitrogen and oxygen atoms in total. The summed E-state index contributed by atoms with van der Waals surface area (Å²) in [6, 6.07) is 6.19. The zero-order chi connectivity index (χ0) is 11.5. The molecule has 0 spiro atoms. The van der Waals surface area contributed by atoms with Gasteiger partial charge in [0.15, 0.2) is 0 Å². The van der Waals surface area contributed by atoms with Crippen molar-refractivity contribution in [3.63, 3.8) is 0 Å². The third kappa shape index (κ3) is 2.83. The Balaban J connectivity index is 3.12. The lowest BCUT2D eigenvalue weighted by Crippen LogP contribution is -2.26. The summed E-state index contributed by atoms with van der Waals surface area (Å²) < 4.78 is 26.6. The maximum Gasteiger partial charge on any atom is 0.298 e. The van der Waals surface area contributed by atoms with Gasteiger partial charge in [0, 0.05) is 12.7 Å². The van der Waals surface area contributed by atoms with Crippen LogP contribution in [0.25, 0.3) is 0 Å². The average molecular weight is 226 g/mol. The van der Waals surface area contributed by atoms with Gasteiger partial charge in [-0.15, -0.1) is 0 Å². The highest BCUT2D eigenvalue weighted by Gasteiger charge is 2.09. The first kappa shape index (κ1) is 11.3. The summed E-state index contributed by atoms with van der Waals surface area (Å²) in [5.41, 5.74) is 6.23. The number of nitrogens with zero attached hydrogens (tertiary/aromatic N) is 1. The molecular formula is C8H10N4O2S. The summed E-state index contributed by atoms with van der Waals surface area (Å²) in [4.78, 5) is 0. The standard InChI is InChI=1S/C8H10N4O2S/c1-11-15(13,14)12-8-3-2-7(10)4-6(8)5-9/h2-4,11-12H,10H2,1H3. The fourth-order valence-electron chi connectivity index (χ4n) is 0.939. The second kappa shape index (κ2) is 4.16. The minimum Gasteiger partial charge on any atom is -0.399 e. The van der Waals surface area contributed by atoms with Crippen molar-refractivity contribution in [3.8, 4) is 6.07 Å². The quantitative estimate of drug-likeness (QED) is 0.631. The van der Waals surface area contributed by atoms with Gasteiger partial charge in [0.25, 0.3) is 10.2 Å². The van der Waals surface area contributed by atoms with Crippen molar-refractivity contribution in [2.45, 2.75) is 0 Å². The van der Waals surface area contributed by atoms with Crippen molar-refractivity contribution in [2.24, 2.45) is 0 Å². The number of nitrogen functional groups attached to an aromatic ring is 1. The maximum atomic E-state index is 11.2. The Labute approximate surface area is 87.9 Å². The van der Waals surface area contributed by atoms with Crippen LogP contribution in [-0.4, -0.2) is 15.5 Å². The minimum absolute atomic E-state index is 0.175. The van der Waals surface area contributed by atoms with Crippen LogP contribution in [0.5, 0.6) is 0 Å². The van der Waals surface area contributed by atoms with Crippen molar-refractivity contribution < 1.29 is 8.42 Å². The lowest BCUT2D eigenvalue weighted by atomic mass is 10.2. The van der Waals surface area contributed by atoms with Gasteiger partial charge in [0.2, 0.25) is 0 Å². The second-order valence-corrected chi connectivity index (χ2v) is 4.35. The van der Waals surface area contributed by atoms with Crippen LogP contribution in [-0.2, 0) is 10.2 Å². The normalized spacial score (nSPS) is 10.7. The van der Waals surface area contributed by atoms with Gasteiger partial charge in [-0.25, -0.2) is 4.72 Å². The van der Waals surface area contributed by atoms with Gasteiger partial charge in [0.1, 0.15) is 6.07 Å². The van der Waals surface area contributed by atoms with Crippen molar-refractivity contribution in [1.82, 2.24) is 4.72 Å². The number of benzene rings is 1. The molecule has 15 heavy (non-hydrogen) atoms. The van der Waals surface area contributed by atoms with Crippen LogP contribution >= 0.6 is 0 Å². The number of nitrogens with one attached hydrogen (secondary N) is 2. The summed E-state index contributed by atoms with van der Waals surface area (Å²) in [6.45, 7) is 0. The van der Waals surface area contributed by atoms with Crippen LogP contribution in [0, 0.1) is 11.3 Å². The van der Waals surface area contributed by atoms with E-state index in [0.717, 1.165) is 0 Å². The fourth-order valence-corrected chi connectivity index (χ4v) is 1.51. The van der Waals surface area contributed by atoms with E-state index in [0.29, 0.717) is 5.69 Å². The summed E-state index contributed by atoms with van der Waals surface area (Å²) in [5, 5.41) is 8.75. The first-order valence-corrected chi connectivity index (χ1v) is 5.48. The van der Waals surface area contributed by atoms with E-state index in [4.69, 9.17) is 11.0 Å². The van der Waals surface area contributed by atoms with Gasteiger partial charge < -0.3 is 5.73 Å². The Morgan fingerprint density at radius 1 is 1.47 bits per heavy atom. The first-order chi connectivity index (χ1) is 6.98. The fraction of sp³-hybridized carbons (Fsp3) is 0.125. The molecule has 0 aliphatic rings. The smallest absolute Gasteiger partial charge is 0.298 e. The zero-order valence-corrected chi connectivity index (χ0v) is 8.80. The number of rotatable bonds is 3. The highest BCUT2D eigenvalue weighted by molar-refractivity contribution is 7.90. The van der Waals surface area contributed by atoms with Crippen molar-refractivity contribution in [1.29, 1.82) is 5.26 Å². The van der Waals surface area contributed by atoms with Crippen LogP contribution in [0.15, 0.2) is 18.2 Å². The van der Waals surface area contributed by atoms with Crippen molar-refractivity contribution >= 4 is 21.6 Å². The SMILES string of the molecule is CNS(=O)(=O)Nc1ccc(N)cc1C#N. The van der Waals surface area contributed by atoms with Crippen LogP contribution in [0.4, 0.5) is 11.4 Å². The molecule has 7 heteroatoms. The molecule has 0 saturated carbocycles. The average Bonchev–Trinajstić information content (AvgIpc) is 2.20. The molecule has 0 aromatic heterocycles. The predicted molar refractivity (Wildman–Crippen MR) is 57.2 cm³/mol. The second-order valence-electron chi connectivity index (χ2n) is 2.73. The van der Waals surface area contributed by atoms with Crippen molar-refractivity contribution in [2.75, 3.05) is 17.5 Å². The van der Waals surface area contributed by atoms with Crippen LogP contribution < -0.4 is 15.2 Å². The van der Waals surface area contributed by atoms with Gasteiger partial charge in [-0.05, 0) is 18.2 Å². The van der Waals surface area contributed by atoms with E-state index in [-0.39, 0.29) is 11.3 Å². The first-order valence-electron chi connectivity index (χ1n) is 3.99. The topological polar surface area (TPSA) is 108 Å². The maximum absolute atomic E-state index is 11.2. The van der Waals surface area contributed by atoms with E-state index < -0.39 is 10.2 Å². The number of nitriles is 1. The molecule has 1 rings (SSSR count). The lowest BCUT2D eigenvalue weighted by molar-refractivity contribution is 0.593. The van der Waals surface area contributed by atoms with Gasteiger partial charge in [-0.3, -0.25) is 4.72 Å². The molecule has 0 bridgehead atoms. The molecule has 0 atom stereocenters. The summed E-state index contributed by atoms with van der Waals surface area (Å²) in [7, 11) is -2.34. The molecule has 80 valence electrons. The van der Waals surface area contributed by atoms with Gasteiger partial charge in [-0.1, -0.05) is 0 Å². The van der Waals surface area contributed by atoms with E-state index in [1.165, 1.54) is 25.2 Å². The zero-order valence-electron chi connectivity index (χ0n) is 7.98. The Hall–Kier alpha value is -1.78. The molecule has 1 aromatic carbocycles. The van der Waals surface area contributed by atoms with Crippen LogP contribution in [0.2, 0.25) is 0 Å². The van der Waals surface area contributed by atoms with Crippen molar-refractivity contribution in [3.05, 3.63) is 23.8 Å². The van der Waals surface area contributed by atoms with E-state index in [1.54, 1.807) is 0 Å². The molecule has 0 radical (unpaired) electrons. The van der Waals surface area contributed by atoms with Crippen LogP contribution in [0.3, 0.4) is 0 Å². The minimum atomic E-state index is -3.61. The summed E-state index contributed by atoms with van der Waals surface area (Å²) in [5.74, 6) is 0. The molecule has 4 N–H and O–H groups in total. The number of hydrogen-bond acceptors (Lipinski definition) is 4. The molecule has 0 aliphatic heterocycles. The molecular weight excluding hydrogens is 216 g/mol.